The van der Waals surface area contributed by atoms with E-state index in [1.165, 1.54) is 126 Å². The summed E-state index contributed by atoms with van der Waals surface area (Å²) in [5.74, 6) is 2.72. The highest BCUT2D eigenvalue weighted by molar-refractivity contribution is 6.27. The van der Waals surface area contributed by atoms with Gasteiger partial charge in [-0.15, -0.1) is 0 Å². The maximum Gasteiger partial charge on any atom is 0.136 e. The van der Waals surface area contributed by atoms with Crippen LogP contribution in [0.4, 0.5) is 0 Å². The molecule has 2 unspecified atom stereocenters. The van der Waals surface area contributed by atoms with E-state index in [0.717, 1.165) is 45.2 Å². The zero-order chi connectivity index (χ0) is 38.6. The van der Waals surface area contributed by atoms with E-state index in [2.05, 4.69) is 127 Å². The Kier molecular flexibility index (Phi) is 5.66. The number of rotatable bonds is 1. The number of fused-ring (bicyclic) bond motifs is 9. The van der Waals surface area contributed by atoms with Crippen molar-refractivity contribution in [3.05, 3.63) is 165 Å². The monoisotopic (exact) mass is 757 g/mol. The quantitative estimate of drug-likeness (QED) is 0.168. The average Bonchev–Trinajstić information content (AvgIpc) is 3.88. The van der Waals surface area contributed by atoms with Gasteiger partial charge in [0.05, 0.1) is 33.9 Å². The standard InChI is InChI=1S/C55H39N3O/c1-26-15-16-43-50(38-13-7-8-14-42(38)59-43)44(26)31-22-39-49-41(24-33(25-56)45-47-34-9-3-5-11-36(34)48(52(45)49)37-12-6-4-10-35(37)47)58-54-27(2)57-53-32-20-28-17-29(21-32)19-30(18-28)46(53)51(54)40(23-31)55(39)58/h3-16,22-24,28-30,32,47-48H,17-21H2,1-2H3. The number of aryl methyl sites for hydroxylation is 2. The number of benzene rings is 6. The summed E-state index contributed by atoms with van der Waals surface area (Å²) < 4.78 is 9.13. The van der Waals surface area contributed by atoms with Crippen molar-refractivity contribution in [2.75, 3.05) is 0 Å². The van der Waals surface area contributed by atoms with Crippen LogP contribution in [-0.4, -0.2) is 9.38 Å². The molecule has 4 nitrogen and oxygen atoms in total. The van der Waals surface area contributed by atoms with Gasteiger partial charge in [-0.3, -0.25) is 4.98 Å². The second kappa shape index (κ2) is 10.6. The minimum absolute atomic E-state index is 0.0101. The van der Waals surface area contributed by atoms with Crippen molar-refractivity contribution in [1.29, 1.82) is 5.26 Å². The minimum Gasteiger partial charge on any atom is -0.456 e. The Morgan fingerprint density at radius 2 is 1.25 bits per heavy atom. The molecular weight excluding hydrogens is 719 g/mol. The van der Waals surface area contributed by atoms with Gasteiger partial charge in [-0.05, 0) is 150 Å². The van der Waals surface area contributed by atoms with Crippen LogP contribution in [-0.2, 0) is 0 Å². The summed E-state index contributed by atoms with van der Waals surface area (Å²) in [6.45, 7) is 4.53. The first-order valence-corrected chi connectivity index (χ1v) is 21.8. The molecule has 0 aliphatic heterocycles. The Labute approximate surface area is 341 Å². The number of para-hydroxylation sites is 1. The van der Waals surface area contributed by atoms with Crippen LogP contribution in [0.2, 0.25) is 0 Å². The van der Waals surface area contributed by atoms with Crippen LogP contribution in [0.15, 0.2) is 108 Å². The SMILES string of the molecule is Cc1ccc2oc3ccccc3c2c1-c1cc2c3c4c(c(C#N)cc3n3c5c(C)nc6c(c5c(c1)c23)C1CC2CC(CC6C2)C1)C1c2ccccc2C4c2ccccc21. The zero-order valence-electron chi connectivity index (χ0n) is 33.1. The smallest absolute Gasteiger partial charge is 0.136 e. The molecule has 4 heterocycles. The molecule has 0 N–H and O–H groups in total. The fourth-order valence-corrected chi connectivity index (χ4v) is 14.3. The van der Waals surface area contributed by atoms with E-state index in [0.29, 0.717) is 11.8 Å². The van der Waals surface area contributed by atoms with Gasteiger partial charge in [0.15, 0.2) is 0 Å². The maximum atomic E-state index is 11.2. The molecule has 7 aliphatic carbocycles. The Bertz CT molecular complexity index is 3570. The van der Waals surface area contributed by atoms with Crippen LogP contribution in [0.5, 0.6) is 0 Å². The van der Waals surface area contributed by atoms with Crippen molar-refractivity contribution in [3.63, 3.8) is 0 Å². The molecule has 7 aliphatic rings. The number of pyridine rings is 1. The van der Waals surface area contributed by atoms with Gasteiger partial charge in [0.1, 0.15) is 11.2 Å². The first-order valence-electron chi connectivity index (χ1n) is 21.8. The van der Waals surface area contributed by atoms with Crippen LogP contribution in [0.3, 0.4) is 0 Å². The van der Waals surface area contributed by atoms with Crippen molar-refractivity contribution in [2.24, 2.45) is 11.8 Å². The summed E-state index contributed by atoms with van der Waals surface area (Å²) in [5, 5.41) is 18.9. The molecule has 4 heteroatoms. The third-order valence-corrected chi connectivity index (χ3v) is 16.0. The molecule has 0 saturated heterocycles. The molecule has 2 atom stereocenters. The first-order chi connectivity index (χ1) is 29.0. The normalized spacial score (nSPS) is 23.4. The molecule has 0 spiro atoms. The summed E-state index contributed by atoms with van der Waals surface area (Å²) in [5.41, 5.74) is 22.0. The number of hydrogen-bond donors (Lipinski definition) is 0. The second-order valence-corrected chi connectivity index (χ2v) is 18.9. The van der Waals surface area contributed by atoms with Crippen molar-refractivity contribution in [1.82, 2.24) is 9.38 Å². The molecule has 59 heavy (non-hydrogen) atoms. The largest absolute Gasteiger partial charge is 0.456 e. The van der Waals surface area contributed by atoms with E-state index < -0.39 is 0 Å². The highest BCUT2D eigenvalue weighted by atomic mass is 16.3. The number of aromatic nitrogens is 2. The van der Waals surface area contributed by atoms with E-state index in [1.54, 1.807) is 5.56 Å². The van der Waals surface area contributed by atoms with Crippen molar-refractivity contribution >= 4 is 60.0 Å². The lowest BCUT2D eigenvalue weighted by atomic mass is 9.59. The molecule has 280 valence electrons. The van der Waals surface area contributed by atoms with Gasteiger partial charge in [0.2, 0.25) is 0 Å². The predicted octanol–water partition coefficient (Wildman–Crippen LogP) is 13.7. The maximum absolute atomic E-state index is 11.2. The molecule has 0 amide bonds. The van der Waals surface area contributed by atoms with E-state index >= 15 is 0 Å². The molecule has 2 saturated carbocycles. The number of hydrogen-bond acceptors (Lipinski definition) is 3. The third kappa shape index (κ3) is 3.68. The Hall–Kier alpha value is -6.44. The molecule has 2 fully saturated rings. The Morgan fingerprint density at radius 1 is 0.610 bits per heavy atom. The predicted molar refractivity (Wildman–Crippen MR) is 236 cm³/mol. The highest BCUT2D eigenvalue weighted by Gasteiger charge is 2.47. The minimum atomic E-state index is 0.0101. The fraction of sp³-hybridized carbons (Fsp3) is 0.236. The lowest BCUT2D eigenvalue weighted by Gasteiger charge is -2.43. The molecule has 6 aromatic carbocycles. The highest BCUT2D eigenvalue weighted by Crippen LogP contribution is 2.62. The molecular formula is C55H39N3O. The summed E-state index contributed by atoms with van der Waals surface area (Å²) in [6, 6.07) is 41.0. The lowest BCUT2D eigenvalue weighted by molar-refractivity contribution is 0.165. The van der Waals surface area contributed by atoms with Crippen LogP contribution >= 0.6 is 0 Å². The van der Waals surface area contributed by atoms with Crippen molar-refractivity contribution in [3.8, 4) is 17.2 Å². The summed E-state index contributed by atoms with van der Waals surface area (Å²) in [4.78, 5) is 5.69. The van der Waals surface area contributed by atoms with Crippen LogP contribution < -0.4 is 0 Å². The summed E-state index contributed by atoms with van der Waals surface area (Å²) in [7, 11) is 0. The summed E-state index contributed by atoms with van der Waals surface area (Å²) in [6.07, 6.45) is 6.53. The number of furan rings is 1. The Morgan fingerprint density at radius 3 is 1.97 bits per heavy atom. The van der Waals surface area contributed by atoms with Gasteiger partial charge in [-0.2, -0.15) is 5.26 Å². The average molecular weight is 758 g/mol. The van der Waals surface area contributed by atoms with Gasteiger partial charge in [0, 0.05) is 55.8 Å². The molecule has 0 radical (unpaired) electrons. The first kappa shape index (κ1) is 31.5. The topological polar surface area (TPSA) is 54.2 Å². The second-order valence-electron chi connectivity index (χ2n) is 18.9. The van der Waals surface area contributed by atoms with Gasteiger partial charge in [-0.1, -0.05) is 72.8 Å². The number of nitriles is 1. The van der Waals surface area contributed by atoms with Gasteiger partial charge in [0.25, 0.3) is 0 Å². The lowest BCUT2D eigenvalue weighted by Crippen LogP contribution is -2.28. The van der Waals surface area contributed by atoms with E-state index in [-0.39, 0.29) is 11.8 Å². The van der Waals surface area contributed by atoms with Gasteiger partial charge < -0.3 is 8.82 Å². The molecule has 4 aromatic heterocycles. The molecule has 17 rings (SSSR count). The Balaban J connectivity index is 1.17. The summed E-state index contributed by atoms with van der Waals surface area (Å²) >= 11 is 0. The van der Waals surface area contributed by atoms with Gasteiger partial charge >= 0.3 is 0 Å². The van der Waals surface area contributed by atoms with Crippen molar-refractivity contribution < 1.29 is 4.42 Å². The van der Waals surface area contributed by atoms with Crippen LogP contribution in [0.1, 0.15) is 117 Å². The van der Waals surface area contributed by atoms with Gasteiger partial charge in [-0.25, -0.2) is 0 Å². The van der Waals surface area contributed by atoms with E-state index in [4.69, 9.17) is 9.40 Å². The molecule has 6 bridgehead atoms. The molecule has 10 aromatic rings. The van der Waals surface area contributed by atoms with Crippen LogP contribution in [0, 0.1) is 37.0 Å². The van der Waals surface area contributed by atoms with Crippen LogP contribution in [0.25, 0.3) is 71.2 Å². The third-order valence-electron chi connectivity index (χ3n) is 16.0. The van der Waals surface area contributed by atoms with E-state index in [1.807, 2.05) is 0 Å². The van der Waals surface area contributed by atoms with Crippen molar-refractivity contribution in [2.45, 2.75) is 69.6 Å². The number of nitrogens with zero attached hydrogens (tertiary/aromatic N) is 3. The zero-order valence-corrected chi connectivity index (χ0v) is 33.1. The fourth-order valence-electron chi connectivity index (χ4n) is 14.3. The van der Waals surface area contributed by atoms with E-state index in [9.17, 15) is 5.26 Å².